The molecule has 0 spiro atoms. The van der Waals surface area contributed by atoms with Crippen molar-refractivity contribution in [2.75, 3.05) is 13.1 Å². The van der Waals surface area contributed by atoms with Crippen LogP contribution in [0.5, 0.6) is 0 Å². The first-order chi connectivity index (χ1) is 8.50. The number of amides is 3. The van der Waals surface area contributed by atoms with Gasteiger partial charge in [-0.25, -0.2) is 4.79 Å². The van der Waals surface area contributed by atoms with Crippen LogP contribution in [0.2, 0.25) is 0 Å². The Kier molecular flexibility index (Phi) is 5.95. The first-order valence-corrected chi connectivity index (χ1v) is 6.82. The average molecular weight is 255 g/mol. The molecule has 18 heavy (non-hydrogen) atoms. The summed E-state index contributed by atoms with van der Waals surface area (Å²) in [7, 11) is 0. The van der Waals surface area contributed by atoms with Gasteiger partial charge in [0, 0.05) is 32.1 Å². The van der Waals surface area contributed by atoms with Crippen molar-refractivity contribution in [1.29, 1.82) is 0 Å². The third kappa shape index (κ3) is 4.94. The standard InChI is InChI=1S/C13H25N3O2/c1-10(2)15-13(18)14-8-9-16(11(3)17)12-6-4-5-7-12/h10,12H,4-9H2,1-3H3,(H2,14,15,18). The van der Waals surface area contributed by atoms with Crippen LogP contribution in [0.4, 0.5) is 4.79 Å². The largest absolute Gasteiger partial charge is 0.338 e. The maximum Gasteiger partial charge on any atom is 0.315 e. The molecule has 0 aromatic carbocycles. The fourth-order valence-corrected chi connectivity index (χ4v) is 2.42. The molecule has 0 aromatic rings. The van der Waals surface area contributed by atoms with Crippen LogP contribution >= 0.6 is 0 Å². The number of nitrogens with one attached hydrogen (secondary N) is 2. The maximum absolute atomic E-state index is 11.6. The molecule has 0 aliphatic heterocycles. The summed E-state index contributed by atoms with van der Waals surface area (Å²) in [6, 6.07) is 0.334. The van der Waals surface area contributed by atoms with Crippen LogP contribution in [0.1, 0.15) is 46.5 Å². The Bertz CT molecular complexity index is 286. The Morgan fingerprint density at radius 2 is 1.89 bits per heavy atom. The lowest BCUT2D eigenvalue weighted by molar-refractivity contribution is -0.130. The molecule has 1 aliphatic carbocycles. The van der Waals surface area contributed by atoms with Crippen molar-refractivity contribution in [2.24, 2.45) is 0 Å². The lowest BCUT2D eigenvalue weighted by Crippen LogP contribution is -2.45. The normalized spacial score (nSPS) is 15.8. The summed E-state index contributed by atoms with van der Waals surface area (Å²) < 4.78 is 0. The summed E-state index contributed by atoms with van der Waals surface area (Å²) in [4.78, 5) is 24.9. The van der Waals surface area contributed by atoms with Crippen LogP contribution in [0.25, 0.3) is 0 Å². The fraction of sp³-hybridized carbons (Fsp3) is 0.846. The zero-order chi connectivity index (χ0) is 13.5. The molecule has 5 nitrogen and oxygen atoms in total. The molecule has 0 saturated heterocycles. The highest BCUT2D eigenvalue weighted by atomic mass is 16.2. The van der Waals surface area contributed by atoms with E-state index in [0.717, 1.165) is 12.8 Å². The minimum absolute atomic E-state index is 0.105. The predicted molar refractivity (Wildman–Crippen MR) is 71.3 cm³/mol. The molecule has 104 valence electrons. The molecule has 0 atom stereocenters. The van der Waals surface area contributed by atoms with Crippen molar-refractivity contribution in [1.82, 2.24) is 15.5 Å². The van der Waals surface area contributed by atoms with Crippen molar-refractivity contribution < 1.29 is 9.59 Å². The fourth-order valence-electron chi connectivity index (χ4n) is 2.42. The Morgan fingerprint density at radius 3 is 2.39 bits per heavy atom. The van der Waals surface area contributed by atoms with Gasteiger partial charge in [0.15, 0.2) is 0 Å². The molecule has 3 amide bonds. The molecule has 1 fully saturated rings. The highest BCUT2D eigenvalue weighted by Gasteiger charge is 2.24. The quantitative estimate of drug-likeness (QED) is 0.781. The van der Waals surface area contributed by atoms with E-state index < -0.39 is 0 Å². The third-order valence-corrected chi connectivity index (χ3v) is 3.23. The smallest absolute Gasteiger partial charge is 0.315 e. The molecule has 0 aromatic heterocycles. The van der Waals surface area contributed by atoms with Crippen LogP contribution in [-0.2, 0) is 4.79 Å². The van der Waals surface area contributed by atoms with Gasteiger partial charge in [-0.2, -0.15) is 0 Å². The van der Waals surface area contributed by atoms with E-state index in [0.29, 0.717) is 19.1 Å². The summed E-state index contributed by atoms with van der Waals surface area (Å²) >= 11 is 0. The average Bonchev–Trinajstić information content (AvgIpc) is 2.75. The van der Waals surface area contributed by atoms with E-state index in [1.807, 2.05) is 18.7 Å². The minimum atomic E-state index is -0.167. The Labute approximate surface area is 109 Å². The Hall–Kier alpha value is -1.26. The van der Waals surface area contributed by atoms with E-state index in [9.17, 15) is 9.59 Å². The van der Waals surface area contributed by atoms with Crippen molar-refractivity contribution in [3.8, 4) is 0 Å². The van der Waals surface area contributed by atoms with E-state index in [1.165, 1.54) is 12.8 Å². The van der Waals surface area contributed by atoms with E-state index >= 15 is 0 Å². The molecule has 2 N–H and O–H groups in total. The number of nitrogens with zero attached hydrogens (tertiary/aromatic N) is 1. The van der Waals surface area contributed by atoms with Crippen molar-refractivity contribution in [2.45, 2.75) is 58.5 Å². The first-order valence-electron chi connectivity index (χ1n) is 6.82. The van der Waals surface area contributed by atoms with Crippen LogP contribution in [0.3, 0.4) is 0 Å². The van der Waals surface area contributed by atoms with Gasteiger partial charge in [0.05, 0.1) is 0 Å². The van der Waals surface area contributed by atoms with Crippen molar-refractivity contribution in [3.05, 3.63) is 0 Å². The van der Waals surface area contributed by atoms with Crippen LogP contribution in [0.15, 0.2) is 0 Å². The molecule has 1 aliphatic rings. The second-order valence-corrected chi connectivity index (χ2v) is 5.21. The highest BCUT2D eigenvalue weighted by Crippen LogP contribution is 2.23. The SMILES string of the molecule is CC(=O)N(CCNC(=O)NC(C)C)C1CCCC1. The summed E-state index contributed by atoms with van der Waals surface area (Å²) in [6.45, 7) is 6.55. The molecule has 0 bridgehead atoms. The van der Waals surface area contributed by atoms with Gasteiger partial charge >= 0.3 is 6.03 Å². The zero-order valence-electron chi connectivity index (χ0n) is 11.7. The summed E-state index contributed by atoms with van der Waals surface area (Å²) in [5.41, 5.74) is 0. The number of rotatable bonds is 5. The Balaban J connectivity index is 2.29. The van der Waals surface area contributed by atoms with Gasteiger partial charge in [-0.3, -0.25) is 4.79 Å². The van der Waals surface area contributed by atoms with E-state index in [2.05, 4.69) is 10.6 Å². The molecule has 1 rings (SSSR count). The summed E-state index contributed by atoms with van der Waals surface area (Å²) in [5, 5.41) is 5.54. The van der Waals surface area contributed by atoms with Gasteiger partial charge < -0.3 is 15.5 Å². The van der Waals surface area contributed by atoms with Gasteiger partial charge in [-0.05, 0) is 26.7 Å². The molecule has 0 unspecified atom stereocenters. The molecule has 0 heterocycles. The predicted octanol–water partition coefficient (Wildman–Crippen LogP) is 1.49. The van der Waals surface area contributed by atoms with Crippen LogP contribution in [-0.4, -0.2) is 42.0 Å². The summed E-state index contributed by atoms with van der Waals surface area (Å²) in [5.74, 6) is 0.105. The monoisotopic (exact) mass is 255 g/mol. The number of carbonyl (C=O) groups excluding carboxylic acids is 2. The second kappa shape index (κ2) is 7.24. The second-order valence-electron chi connectivity index (χ2n) is 5.21. The van der Waals surface area contributed by atoms with Gasteiger partial charge in [0.2, 0.25) is 5.91 Å². The molecular weight excluding hydrogens is 230 g/mol. The molecule has 0 radical (unpaired) electrons. The first kappa shape index (κ1) is 14.8. The van der Waals surface area contributed by atoms with Gasteiger partial charge in [-0.15, -0.1) is 0 Å². The number of urea groups is 1. The molecule has 5 heteroatoms. The minimum Gasteiger partial charge on any atom is -0.338 e. The highest BCUT2D eigenvalue weighted by molar-refractivity contribution is 5.75. The van der Waals surface area contributed by atoms with E-state index in [1.54, 1.807) is 6.92 Å². The maximum atomic E-state index is 11.6. The number of hydrogen-bond donors (Lipinski definition) is 2. The zero-order valence-corrected chi connectivity index (χ0v) is 11.7. The van der Waals surface area contributed by atoms with Crippen molar-refractivity contribution in [3.63, 3.8) is 0 Å². The third-order valence-electron chi connectivity index (χ3n) is 3.23. The molecular formula is C13H25N3O2. The van der Waals surface area contributed by atoms with Crippen LogP contribution in [0, 0.1) is 0 Å². The lowest BCUT2D eigenvalue weighted by Gasteiger charge is -2.28. The number of carbonyl (C=O) groups is 2. The van der Waals surface area contributed by atoms with E-state index in [4.69, 9.17) is 0 Å². The summed E-state index contributed by atoms with van der Waals surface area (Å²) in [6.07, 6.45) is 4.60. The van der Waals surface area contributed by atoms with Crippen molar-refractivity contribution >= 4 is 11.9 Å². The molecule has 1 saturated carbocycles. The topological polar surface area (TPSA) is 61.4 Å². The van der Waals surface area contributed by atoms with Gasteiger partial charge in [0.25, 0.3) is 0 Å². The lowest BCUT2D eigenvalue weighted by atomic mass is 10.2. The van der Waals surface area contributed by atoms with Crippen LogP contribution < -0.4 is 10.6 Å². The van der Waals surface area contributed by atoms with Gasteiger partial charge in [0.1, 0.15) is 0 Å². The Morgan fingerprint density at radius 1 is 1.28 bits per heavy atom. The van der Waals surface area contributed by atoms with E-state index in [-0.39, 0.29) is 18.0 Å². The number of hydrogen-bond acceptors (Lipinski definition) is 2. The van der Waals surface area contributed by atoms with Gasteiger partial charge in [-0.1, -0.05) is 12.8 Å².